The summed E-state index contributed by atoms with van der Waals surface area (Å²) in [5.41, 5.74) is 1.07. The van der Waals surface area contributed by atoms with Gasteiger partial charge in [0.15, 0.2) is 16.4 Å². The van der Waals surface area contributed by atoms with Crippen LogP contribution in [0.2, 0.25) is 0 Å². The van der Waals surface area contributed by atoms with Crippen LogP contribution < -0.4 is 0 Å². The van der Waals surface area contributed by atoms with E-state index in [-0.39, 0.29) is 16.4 Å². The smallest absolute Gasteiger partial charge is 0.338 e. The number of carbonyl (C=O) groups excluding carboxylic acids is 2. The molecule has 0 spiro atoms. The quantitative estimate of drug-likeness (QED) is 0.694. The Morgan fingerprint density at radius 2 is 1.73 bits per heavy atom. The van der Waals surface area contributed by atoms with Gasteiger partial charge in [-0.05, 0) is 30.7 Å². The molecule has 7 heteroatoms. The number of sulfone groups is 1. The lowest BCUT2D eigenvalue weighted by molar-refractivity contribution is -0.134. The van der Waals surface area contributed by atoms with Gasteiger partial charge in [0.05, 0.1) is 10.5 Å². The fourth-order valence-corrected chi connectivity index (χ4v) is 3.00. The SMILES string of the molecule is CCN(Cc1ccccc1)C(=O)COC(=O)c1cccc(S(C)(=O)=O)c1. The van der Waals surface area contributed by atoms with Gasteiger partial charge in [-0.1, -0.05) is 36.4 Å². The Morgan fingerprint density at radius 3 is 2.35 bits per heavy atom. The van der Waals surface area contributed by atoms with Crippen molar-refractivity contribution in [1.82, 2.24) is 4.90 Å². The van der Waals surface area contributed by atoms with Crippen molar-refractivity contribution in [2.45, 2.75) is 18.4 Å². The number of benzene rings is 2. The molecule has 0 fully saturated rings. The Labute approximate surface area is 153 Å². The molecular weight excluding hydrogens is 354 g/mol. The topological polar surface area (TPSA) is 80.8 Å². The van der Waals surface area contributed by atoms with Crippen LogP contribution in [0.4, 0.5) is 0 Å². The van der Waals surface area contributed by atoms with Crippen LogP contribution in [0.1, 0.15) is 22.8 Å². The highest BCUT2D eigenvalue weighted by molar-refractivity contribution is 7.90. The van der Waals surface area contributed by atoms with Crippen molar-refractivity contribution in [3.63, 3.8) is 0 Å². The third-order valence-corrected chi connectivity index (χ3v) is 4.89. The standard InChI is InChI=1S/C19H21NO5S/c1-3-20(13-15-8-5-4-6-9-15)18(21)14-25-19(22)16-10-7-11-17(12-16)26(2,23)24/h4-12H,3,13-14H2,1-2H3. The van der Waals surface area contributed by atoms with Crippen molar-refractivity contribution in [1.29, 1.82) is 0 Å². The first-order valence-electron chi connectivity index (χ1n) is 8.10. The fourth-order valence-electron chi connectivity index (χ4n) is 2.34. The molecule has 0 bridgehead atoms. The van der Waals surface area contributed by atoms with Gasteiger partial charge in [0.2, 0.25) is 0 Å². The molecule has 0 heterocycles. The van der Waals surface area contributed by atoms with E-state index in [1.165, 1.54) is 24.3 Å². The summed E-state index contributed by atoms with van der Waals surface area (Å²) in [6.07, 6.45) is 1.06. The number of ether oxygens (including phenoxy) is 1. The van der Waals surface area contributed by atoms with E-state index in [4.69, 9.17) is 4.74 Å². The summed E-state index contributed by atoms with van der Waals surface area (Å²) in [6.45, 7) is 2.35. The summed E-state index contributed by atoms with van der Waals surface area (Å²) in [4.78, 5) is 26.0. The number of amides is 1. The molecule has 138 valence electrons. The van der Waals surface area contributed by atoms with Gasteiger partial charge in [-0.2, -0.15) is 0 Å². The number of hydrogen-bond donors (Lipinski definition) is 0. The van der Waals surface area contributed by atoms with Crippen LogP contribution in [0, 0.1) is 0 Å². The van der Waals surface area contributed by atoms with Crippen molar-refractivity contribution in [2.75, 3.05) is 19.4 Å². The van der Waals surface area contributed by atoms with Crippen molar-refractivity contribution in [3.8, 4) is 0 Å². The Bertz CT molecular complexity index is 878. The summed E-state index contributed by atoms with van der Waals surface area (Å²) in [5.74, 6) is -1.05. The Balaban J connectivity index is 1.98. The van der Waals surface area contributed by atoms with Gasteiger partial charge in [-0.15, -0.1) is 0 Å². The molecule has 1 amide bonds. The second-order valence-corrected chi connectivity index (χ2v) is 7.79. The maximum Gasteiger partial charge on any atom is 0.338 e. The van der Waals surface area contributed by atoms with E-state index in [9.17, 15) is 18.0 Å². The van der Waals surface area contributed by atoms with Crippen molar-refractivity contribution < 1.29 is 22.7 Å². The molecule has 2 aromatic rings. The van der Waals surface area contributed by atoms with Gasteiger partial charge >= 0.3 is 5.97 Å². The summed E-state index contributed by atoms with van der Waals surface area (Å²) < 4.78 is 28.2. The molecule has 2 rings (SSSR count). The van der Waals surface area contributed by atoms with Gasteiger partial charge in [0.1, 0.15) is 0 Å². The Hall–Kier alpha value is -2.67. The molecule has 0 aromatic heterocycles. The number of hydrogen-bond acceptors (Lipinski definition) is 5. The molecule has 0 N–H and O–H groups in total. The van der Waals surface area contributed by atoms with Gasteiger partial charge in [0, 0.05) is 19.3 Å². The predicted octanol–water partition coefficient (Wildman–Crippen LogP) is 2.30. The highest BCUT2D eigenvalue weighted by atomic mass is 32.2. The minimum atomic E-state index is -3.43. The molecule has 0 atom stereocenters. The number of nitrogens with zero attached hydrogens (tertiary/aromatic N) is 1. The average molecular weight is 375 g/mol. The first kappa shape index (κ1) is 19.7. The summed E-state index contributed by atoms with van der Waals surface area (Å²) in [6, 6.07) is 15.1. The first-order chi connectivity index (χ1) is 12.3. The van der Waals surface area contributed by atoms with Crippen molar-refractivity contribution >= 4 is 21.7 Å². The monoisotopic (exact) mass is 375 g/mol. The van der Waals surface area contributed by atoms with Crippen molar-refractivity contribution in [2.24, 2.45) is 0 Å². The molecule has 0 aliphatic carbocycles. The van der Waals surface area contributed by atoms with Gasteiger partial charge < -0.3 is 9.64 Å². The minimum Gasteiger partial charge on any atom is -0.452 e. The number of esters is 1. The summed E-state index contributed by atoms with van der Waals surface area (Å²) in [5, 5.41) is 0. The lowest BCUT2D eigenvalue weighted by atomic mass is 10.2. The highest BCUT2D eigenvalue weighted by Crippen LogP contribution is 2.12. The van der Waals surface area contributed by atoms with Crippen LogP contribution in [0.5, 0.6) is 0 Å². The molecular formula is C19H21NO5S. The molecule has 6 nitrogen and oxygen atoms in total. The Kier molecular flexibility index (Phi) is 6.52. The lowest BCUT2D eigenvalue weighted by Gasteiger charge is -2.20. The minimum absolute atomic E-state index is 0.0255. The second-order valence-electron chi connectivity index (χ2n) is 5.77. The van der Waals surface area contributed by atoms with Crippen LogP contribution >= 0.6 is 0 Å². The molecule has 0 saturated heterocycles. The maximum atomic E-state index is 12.3. The van der Waals surface area contributed by atoms with Gasteiger partial charge in [-0.25, -0.2) is 13.2 Å². The second kappa shape index (κ2) is 8.62. The van der Waals surface area contributed by atoms with E-state index in [1.54, 1.807) is 4.90 Å². The number of rotatable bonds is 7. The van der Waals surface area contributed by atoms with Crippen LogP contribution in [-0.2, 0) is 25.9 Å². The fraction of sp³-hybridized carbons (Fsp3) is 0.263. The van der Waals surface area contributed by atoms with Crippen LogP contribution in [0.15, 0.2) is 59.5 Å². The lowest BCUT2D eigenvalue weighted by Crippen LogP contribution is -2.34. The highest BCUT2D eigenvalue weighted by Gasteiger charge is 2.17. The average Bonchev–Trinajstić information content (AvgIpc) is 2.64. The first-order valence-corrected chi connectivity index (χ1v) is 9.99. The number of carbonyl (C=O) groups is 2. The normalized spacial score (nSPS) is 11.0. The zero-order valence-corrected chi connectivity index (χ0v) is 15.5. The third kappa shape index (κ3) is 5.42. The third-order valence-electron chi connectivity index (χ3n) is 3.78. The molecule has 0 radical (unpaired) electrons. The van der Waals surface area contributed by atoms with Crippen LogP contribution in [0.25, 0.3) is 0 Å². The van der Waals surface area contributed by atoms with E-state index in [0.29, 0.717) is 13.1 Å². The van der Waals surface area contributed by atoms with E-state index in [0.717, 1.165) is 11.8 Å². The predicted molar refractivity (Wildman–Crippen MR) is 97.4 cm³/mol. The van der Waals surface area contributed by atoms with Crippen molar-refractivity contribution in [3.05, 3.63) is 65.7 Å². The molecule has 0 unspecified atom stereocenters. The largest absolute Gasteiger partial charge is 0.452 e. The zero-order chi connectivity index (χ0) is 19.2. The Morgan fingerprint density at radius 1 is 1.04 bits per heavy atom. The van der Waals surface area contributed by atoms with E-state index < -0.39 is 22.4 Å². The van der Waals surface area contributed by atoms with Gasteiger partial charge in [-0.3, -0.25) is 4.79 Å². The molecule has 0 aliphatic heterocycles. The van der Waals surface area contributed by atoms with E-state index in [2.05, 4.69) is 0 Å². The number of likely N-dealkylation sites (N-methyl/N-ethyl adjacent to an activating group) is 1. The van der Waals surface area contributed by atoms with Gasteiger partial charge in [0.25, 0.3) is 5.91 Å². The van der Waals surface area contributed by atoms with Crippen LogP contribution in [0.3, 0.4) is 0 Å². The molecule has 0 aliphatic rings. The summed E-state index contributed by atoms with van der Waals surface area (Å²) >= 11 is 0. The molecule has 2 aromatic carbocycles. The van der Waals surface area contributed by atoms with E-state index >= 15 is 0 Å². The maximum absolute atomic E-state index is 12.3. The van der Waals surface area contributed by atoms with E-state index in [1.807, 2.05) is 37.3 Å². The molecule has 0 saturated carbocycles. The zero-order valence-electron chi connectivity index (χ0n) is 14.7. The molecule has 26 heavy (non-hydrogen) atoms. The van der Waals surface area contributed by atoms with Crippen LogP contribution in [-0.4, -0.2) is 44.6 Å². The summed E-state index contributed by atoms with van der Waals surface area (Å²) in [7, 11) is -3.43.